The molecular weight excluding hydrogens is 338 g/mol. The first-order valence-corrected chi connectivity index (χ1v) is 9.23. The summed E-state index contributed by atoms with van der Waals surface area (Å²) in [5, 5.41) is 3.57. The number of carbonyl (C=O) groups excluding carboxylic acids is 2. The van der Waals surface area contributed by atoms with Crippen LogP contribution in [0.4, 0.5) is 0 Å². The van der Waals surface area contributed by atoms with E-state index in [4.69, 9.17) is 4.98 Å². The zero-order valence-electron chi connectivity index (χ0n) is 15.0. The molecule has 0 radical (unpaired) electrons. The van der Waals surface area contributed by atoms with Gasteiger partial charge in [-0.3, -0.25) is 9.59 Å². The Morgan fingerprint density at radius 1 is 0.963 bits per heavy atom. The number of hydrogen-bond acceptors (Lipinski definition) is 3. The molecule has 1 N–H and O–H groups in total. The first-order valence-electron chi connectivity index (χ1n) is 9.23. The second-order valence-electron chi connectivity index (χ2n) is 6.71. The third kappa shape index (κ3) is 3.67. The molecule has 3 aromatic rings. The van der Waals surface area contributed by atoms with Gasteiger partial charge in [-0.05, 0) is 25.0 Å². The van der Waals surface area contributed by atoms with Gasteiger partial charge in [0.05, 0.1) is 23.3 Å². The van der Waals surface area contributed by atoms with E-state index in [1.165, 1.54) is 0 Å². The van der Waals surface area contributed by atoms with E-state index in [0.717, 1.165) is 48.1 Å². The van der Waals surface area contributed by atoms with Crippen LogP contribution in [0.2, 0.25) is 0 Å². The highest BCUT2D eigenvalue weighted by Gasteiger charge is 2.19. The average Bonchev–Trinajstić information content (AvgIpc) is 3.26. The van der Waals surface area contributed by atoms with E-state index in [2.05, 4.69) is 5.32 Å². The van der Waals surface area contributed by atoms with Crippen LogP contribution in [0.1, 0.15) is 23.2 Å². The highest BCUT2D eigenvalue weighted by atomic mass is 16.2. The monoisotopic (exact) mass is 359 g/mol. The highest BCUT2D eigenvalue weighted by molar-refractivity contribution is 6.08. The van der Waals surface area contributed by atoms with Gasteiger partial charge in [-0.15, -0.1) is 0 Å². The van der Waals surface area contributed by atoms with Crippen molar-refractivity contribution in [3.05, 3.63) is 66.2 Å². The molecule has 0 aliphatic carbocycles. The van der Waals surface area contributed by atoms with Crippen LogP contribution in [0.25, 0.3) is 22.2 Å². The maximum atomic E-state index is 12.9. The summed E-state index contributed by atoms with van der Waals surface area (Å²) in [6, 6.07) is 19.1. The summed E-state index contributed by atoms with van der Waals surface area (Å²) in [5.74, 6) is -0.277. The third-order valence-electron chi connectivity index (χ3n) is 4.89. The van der Waals surface area contributed by atoms with Crippen molar-refractivity contribution in [3.8, 4) is 11.3 Å². The molecule has 1 aliphatic rings. The van der Waals surface area contributed by atoms with Crippen molar-refractivity contribution in [3.63, 3.8) is 0 Å². The fraction of sp³-hybridized carbons (Fsp3) is 0.227. The van der Waals surface area contributed by atoms with Gasteiger partial charge in [-0.1, -0.05) is 48.5 Å². The molecule has 0 unspecified atom stereocenters. The Labute approximate surface area is 158 Å². The summed E-state index contributed by atoms with van der Waals surface area (Å²) in [4.78, 5) is 31.6. The van der Waals surface area contributed by atoms with E-state index >= 15 is 0 Å². The summed E-state index contributed by atoms with van der Waals surface area (Å²) < 4.78 is 0. The number of amides is 2. The Kier molecular flexibility index (Phi) is 4.83. The number of fused-ring (bicyclic) bond motifs is 1. The lowest BCUT2D eigenvalue weighted by Gasteiger charge is -2.16. The van der Waals surface area contributed by atoms with E-state index < -0.39 is 0 Å². The number of benzene rings is 2. The largest absolute Gasteiger partial charge is 0.343 e. The lowest BCUT2D eigenvalue weighted by Crippen LogP contribution is -2.38. The van der Waals surface area contributed by atoms with Gasteiger partial charge >= 0.3 is 0 Å². The van der Waals surface area contributed by atoms with Gasteiger partial charge in [0.1, 0.15) is 0 Å². The van der Waals surface area contributed by atoms with Gasteiger partial charge in [0, 0.05) is 24.0 Å². The molecule has 5 nitrogen and oxygen atoms in total. The van der Waals surface area contributed by atoms with Crippen LogP contribution >= 0.6 is 0 Å². The molecule has 4 rings (SSSR count). The minimum atomic E-state index is -0.252. The van der Waals surface area contributed by atoms with E-state index in [9.17, 15) is 9.59 Å². The van der Waals surface area contributed by atoms with Gasteiger partial charge in [-0.2, -0.15) is 0 Å². The predicted molar refractivity (Wildman–Crippen MR) is 105 cm³/mol. The predicted octanol–water partition coefficient (Wildman–Crippen LogP) is 3.25. The molecule has 5 heteroatoms. The zero-order chi connectivity index (χ0) is 18.6. The van der Waals surface area contributed by atoms with Crippen LogP contribution in [-0.4, -0.2) is 41.3 Å². The number of nitrogens with zero attached hydrogens (tertiary/aromatic N) is 2. The quantitative estimate of drug-likeness (QED) is 0.778. The maximum Gasteiger partial charge on any atom is 0.252 e. The second kappa shape index (κ2) is 7.58. The fourth-order valence-corrected chi connectivity index (χ4v) is 3.45. The molecule has 136 valence electrons. The molecule has 2 amide bonds. The topological polar surface area (TPSA) is 62.3 Å². The van der Waals surface area contributed by atoms with Crippen LogP contribution < -0.4 is 5.32 Å². The van der Waals surface area contributed by atoms with Crippen molar-refractivity contribution >= 4 is 22.7 Å². The minimum Gasteiger partial charge on any atom is -0.343 e. The Balaban J connectivity index is 1.63. The first kappa shape index (κ1) is 17.2. The summed E-state index contributed by atoms with van der Waals surface area (Å²) in [6.45, 7) is 1.59. The van der Waals surface area contributed by atoms with Crippen molar-refractivity contribution in [2.24, 2.45) is 0 Å². The minimum absolute atomic E-state index is 0.0240. The van der Waals surface area contributed by atoms with Crippen molar-refractivity contribution < 1.29 is 9.59 Å². The lowest BCUT2D eigenvalue weighted by molar-refractivity contribution is -0.129. The third-order valence-corrected chi connectivity index (χ3v) is 4.89. The van der Waals surface area contributed by atoms with Crippen LogP contribution in [0.5, 0.6) is 0 Å². The fourth-order valence-electron chi connectivity index (χ4n) is 3.45. The highest BCUT2D eigenvalue weighted by Crippen LogP contribution is 2.24. The van der Waals surface area contributed by atoms with E-state index in [1.54, 1.807) is 11.0 Å². The Hall–Kier alpha value is -3.21. The van der Waals surface area contributed by atoms with E-state index in [1.807, 2.05) is 54.6 Å². The first-order chi connectivity index (χ1) is 13.2. The number of nitrogens with one attached hydrogen (secondary N) is 1. The standard InChI is InChI=1S/C22H21N3O2/c26-21(25-12-6-7-13-25)15-23-22(27)18-14-20(16-8-2-1-3-9-16)24-19-11-5-4-10-17(18)19/h1-5,8-11,14H,6-7,12-13,15H2,(H,23,27). The van der Waals surface area contributed by atoms with Crippen molar-refractivity contribution in [1.29, 1.82) is 0 Å². The van der Waals surface area contributed by atoms with Gasteiger partial charge in [-0.25, -0.2) is 4.98 Å². The molecule has 27 heavy (non-hydrogen) atoms. The Morgan fingerprint density at radius 2 is 1.67 bits per heavy atom. The zero-order valence-corrected chi connectivity index (χ0v) is 15.0. The Bertz CT molecular complexity index is 979. The molecule has 0 saturated carbocycles. The SMILES string of the molecule is O=C(NCC(=O)N1CCCC1)c1cc(-c2ccccc2)nc2ccccc12. The summed E-state index contributed by atoms with van der Waals surface area (Å²) in [6.07, 6.45) is 2.07. The molecule has 0 bridgehead atoms. The molecule has 1 aromatic heterocycles. The number of hydrogen-bond donors (Lipinski definition) is 1. The van der Waals surface area contributed by atoms with E-state index in [0.29, 0.717) is 5.56 Å². The lowest BCUT2D eigenvalue weighted by atomic mass is 10.0. The van der Waals surface area contributed by atoms with Crippen molar-refractivity contribution in [2.45, 2.75) is 12.8 Å². The number of aromatic nitrogens is 1. The average molecular weight is 359 g/mol. The molecular formula is C22H21N3O2. The molecule has 0 spiro atoms. The number of para-hydroxylation sites is 1. The van der Waals surface area contributed by atoms with Crippen LogP contribution in [0.3, 0.4) is 0 Å². The molecule has 0 atom stereocenters. The van der Waals surface area contributed by atoms with Gasteiger partial charge in [0.25, 0.3) is 5.91 Å². The van der Waals surface area contributed by atoms with Gasteiger partial charge in [0.15, 0.2) is 0 Å². The molecule has 2 heterocycles. The summed E-state index contributed by atoms with van der Waals surface area (Å²) >= 11 is 0. The van der Waals surface area contributed by atoms with E-state index in [-0.39, 0.29) is 18.4 Å². The molecule has 1 saturated heterocycles. The maximum absolute atomic E-state index is 12.9. The van der Waals surface area contributed by atoms with Crippen LogP contribution in [0.15, 0.2) is 60.7 Å². The van der Waals surface area contributed by atoms with Gasteiger partial charge in [0.2, 0.25) is 5.91 Å². The smallest absolute Gasteiger partial charge is 0.252 e. The van der Waals surface area contributed by atoms with Crippen molar-refractivity contribution in [2.75, 3.05) is 19.6 Å². The summed E-state index contributed by atoms with van der Waals surface area (Å²) in [7, 11) is 0. The number of carbonyl (C=O) groups is 2. The van der Waals surface area contributed by atoms with Crippen LogP contribution in [0, 0.1) is 0 Å². The van der Waals surface area contributed by atoms with Crippen LogP contribution in [-0.2, 0) is 4.79 Å². The van der Waals surface area contributed by atoms with Crippen molar-refractivity contribution in [1.82, 2.24) is 15.2 Å². The number of rotatable bonds is 4. The molecule has 2 aromatic carbocycles. The number of pyridine rings is 1. The van der Waals surface area contributed by atoms with Gasteiger partial charge < -0.3 is 10.2 Å². The number of likely N-dealkylation sites (tertiary alicyclic amines) is 1. The summed E-state index contributed by atoms with van der Waals surface area (Å²) in [5.41, 5.74) is 2.99. The Morgan fingerprint density at radius 3 is 2.44 bits per heavy atom. The normalized spacial score (nSPS) is 13.7. The second-order valence-corrected chi connectivity index (χ2v) is 6.71. The molecule has 1 aliphatic heterocycles. The molecule has 1 fully saturated rings.